The summed E-state index contributed by atoms with van der Waals surface area (Å²) in [4.78, 5) is 27.8. The van der Waals surface area contributed by atoms with E-state index in [0.29, 0.717) is 34.8 Å². The fraction of sp³-hybridized carbons (Fsp3) is 0.214. The van der Waals surface area contributed by atoms with Crippen molar-refractivity contribution < 1.29 is 28.6 Å². The van der Waals surface area contributed by atoms with E-state index in [1.165, 1.54) is 24.1 Å². The molecule has 1 unspecified atom stereocenters. The lowest BCUT2D eigenvalue weighted by Crippen LogP contribution is -2.29. The number of ketones is 1. The first kappa shape index (κ1) is 24.0. The highest BCUT2D eigenvalue weighted by molar-refractivity contribution is 6.46. The number of Topliss-reactive ketones (excluding diaryl/α,β-unsaturated/α-hetero) is 1. The Morgan fingerprint density at radius 1 is 1.00 bits per heavy atom. The summed E-state index contributed by atoms with van der Waals surface area (Å²) in [5.41, 5.74) is 2.62. The number of halogens is 1. The van der Waals surface area contributed by atoms with Gasteiger partial charge in [-0.2, -0.15) is 0 Å². The largest absolute Gasteiger partial charge is 0.507 e. The Morgan fingerprint density at radius 2 is 1.69 bits per heavy atom. The van der Waals surface area contributed by atoms with Gasteiger partial charge in [0.2, 0.25) is 0 Å². The molecule has 1 saturated heterocycles. The molecule has 0 bridgehead atoms. The van der Waals surface area contributed by atoms with Gasteiger partial charge in [0.15, 0.2) is 11.5 Å². The fourth-order valence-electron chi connectivity index (χ4n) is 4.17. The molecule has 0 spiro atoms. The van der Waals surface area contributed by atoms with E-state index < -0.39 is 23.5 Å². The second-order valence-corrected chi connectivity index (χ2v) is 8.26. The molecular formula is C28H26FNO5. The molecule has 3 aromatic carbocycles. The number of carbonyl (C=O) groups excluding carboxylic acids is 2. The number of methoxy groups -OCH3 is 1. The van der Waals surface area contributed by atoms with E-state index in [1.54, 1.807) is 42.5 Å². The van der Waals surface area contributed by atoms with Crippen molar-refractivity contribution in [1.82, 2.24) is 4.90 Å². The van der Waals surface area contributed by atoms with Crippen LogP contribution in [0.4, 0.5) is 4.39 Å². The van der Waals surface area contributed by atoms with E-state index >= 15 is 0 Å². The first-order chi connectivity index (χ1) is 16.8. The van der Waals surface area contributed by atoms with Crippen LogP contribution >= 0.6 is 0 Å². The zero-order valence-corrected chi connectivity index (χ0v) is 19.7. The predicted octanol–water partition coefficient (Wildman–Crippen LogP) is 5.16. The number of aliphatic hydroxyl groups excluding tert-OH is 1. The number of amides is 1. The minimum absolute atomic E-state index is 0.0198. The molecule has 6 nitrogen and oxygen atoms in total. The van der Waals surface area contributed by atoms with E-state index in [0.717, 1.165) is 5.56 Å². The van der Waals surface area contributed by atoms with Crippen molar-refractivity contribution in [3.63, 3.8) is 0 Å². The number of likely N-dealkylation sites (tertiary alicyclic amines) is 1. The standard InChI is InChI=1S/C28H26FNO5/c1-4-35-23-15-20(11-14-22(23)34-3)25-24(26(31)19-9-5-17(2)6-10-19)27(32)28(33)30(25)16-18-7-12-21(29)13-8-18/h5-15,25,31H,4,16H2,1-3H3/b26-24-. The molecule has 1 N–H and O–H groups in total. The van der Waals surface area contributed by atoms with Crippen LogP contribution in [0.3, 0.4) is 0 Å². The number of nitrogens with zero attached hydrogens (tertiary/aromatic N) is 1. The van der Waals surface area contributed by atoms with Crippen LogP contribution in [-0.4, -0.2) is 35.4 Å². The van der Waals surface area contributed by atoms with Gasteiger partial charge in [-0.1, -0.05) is 48.0 Å². The van der Waals surface area contributed by atoms with E-state index in [2.05, 4.69) is 0 Å². The Bertz CT molecular complexity index is 1280. The van der Waals surface area contributed by atoms with Crippen LogP contribution in [0.15, 0.2) is 72.3 Å². The zero-order valence-electron chi connectivity index (χ0n) is 19.7. The van der Waals surface area contributed by atoms with Gasteiger partial charge in [0, 0.05) is 12.1 Å². The summed E-state index contributed by atoms with van der Waals surface area (Å²) < 4.78 is 24.5. The van der Waals surface area contributed by atoms with Gasteiger partial charge >= 0.3 is 0 Å². The second-order valence-electron chi connectivity index (χ2n) is 8.26. The van der Waals surface area contributed by atoms with Gasteiger partial charge in [0.25, 0.3) is 11.7 Å². The Balaban J connectivity index is 1.88. The van der Waals surface area contributed by atoms with Gasteiger partial charge in [-0.05, 0) is 49.2 Å². The van der Waals surface area contributed by atoms with Crippen molar-refractivity contribution in [1.29, 1.82) is 0 Å². The summed E-state index contributed by atoms with van der Waals surface area (Å²) in [5, 5.41) is 11.2. The molecule has 4 rings (SSSR count). The van der Waals surface area contributed by atoms with Crippen molar-refractivity contribution >= 4 is 17.4 Å². The lowest BCUT2D eigenvalue weighted by Gasteiger charge is -2.26. The number of ether oxygens (including phenoxy) is 2. The van der Waals surface area contributed by atoms with E-state index in [4.69, 9.17) is 9.47 Å². The van der Waals surface area contributed by atoms with Gasteiger partial charge in [0.1, 0.15) is 11.6 Å². The van der Waals surface area contributed by atoms with Crippen LogP contribution in [0, 0.1) is 12.7 Å². The minimum Gasteiger partial charge on any atom is -0.507 e. The number of hydrogen-bond acceptors (Lipinski definition) is 5. The third kappa shape index (κ3) is 4.75. The van der Waals surface area contributed by atoms with Crippen molar-refractivity contribution in [2.24, 2.45) is 0 Å². The van der Waals surface area contributed by atoms with Crippen LogP contribution in [0.5, 0.6) is 11.5 Å². The molecule has 1 fully saturated rings. The quantitative estimate of drug-likeness (QED) is 0.290. The normalized spacial score (nSPS) is 17.0. The Morgan fingerprint density at radius 3 is 2.31 bits per heavy atom. The number of benzene rings is 3. The van der Waals surface area contributed by atoms with Gasteiger partial charge in [-0.3, -0.25) is 9.59 Å². The average Bonchev–Trinajstić information content (AvgIpc) is 3.10. The SMILES string of the molecule is CCOc1cc(C2/C(=C(/O)c3ccc(C)cc3)C(=O)C(=O)N2Cc2ccc(F)cc2)ccc1OC. The number of aryl methyl sites for hydroxylation is 1. The highest BCUT2D eigenvalue weighted by Gasteiger charge is 2.46. The molecule has 7 heteroatoms. The van der Waals surface area contributed by atoms with Gasteiger partial charge < -0.3 is 19.5 Å². The molecule has 0 aliphatic carbocycles. The van der Waals surface area contributed by atoms with Gasteiger partial charge in [-0.25, -0.2) is 4.39 Å². The molecule has 1 heterocycles. The first-order valence-corrected chi connectivity index (χ1v) is 11.2. The molecule has 1 amide bonds. The number of carbonyl (C=O) groups is 2. The molecule has 180 valence electrons. The molecule has 1 aliphatic heterocycles. The zero-order chi connectivity index (χ0) is 25.1. The van der Waals surface area contributed by atoms with E-state index in [-0.39, 0.29) is 17.9 Å². The Hall–Kier alpha value is -4.13. The maximum atomic E-state index is 13.5. The monoisotopic (exact) mass is 475 g/mol. The highest BCUT2D eigenvalue weighted by atomic mass is 19.1. The summed E-state index contributed by atoms with van der Waals surface area (Å²) in [6.07, 6.45) is 0. The van der Waals surface area contributed by atoms with Crippen molar-refractivity contribution in [3.05, 3.63) is 100 Å². The Kier molecular flexibility index (Phi) is 6.87. The highest BCUT2D eigenvalue weighted by Crippen LogP contribution is 2.42. The molecule has 0 saturated carbocycles. The van der Waals surface area contributed by atoms with Crippen LogP contribution in [0.1, 0.15) is 35.2 Å². The predicted molar refractivity (Wildman–Crippen MR) is 130 cm³/mol. The third-order valence-corrected chi connectivity index (χ3v) is 5.93. The average molecular weight is 476 g/mol. The molecule has 3 aromatic rings. The summed E-state index contributed by atoms with van der Waals surface area (Å²) in [6, 6.07) is 17.0. The van der Waals surface area contributed by atoms with Crippen molar-refractivity contribution in [2.75, 3.05) is 13.7 Å². The lowest BCUT2D eigenvalue weighted by molar-refractivity contribution is -0.140. The minimum atomic E-state index is -0.883. The van der Waals surface area contributed by atoms with Gasteiger partial charge in [0.05, 0.1) is 25.3 Å². The smallest absolute Gasteiger partial charge is 0.295 e. The molecule has 1 aliphatic rings. The summed E-state index contributed by atoms with van der Waals surface area (Å²) in [6.45, 7) is 4.19. The molecule has 0 aromatic heterocycles. The van der Waals surface area contributed by atoms with Crippen LogP contribution in [-0.2, 0) is 16.1 Å². The molecular weight excluding hydrogens is 449 g/mol. The fourth-order valence-corrected chi connectivity index (χ4v) is 4.17. The van der Waals surface area contributed by atoms with E-state index in [9.17, 15) is 19.1 Å². The maximum absolute atomic E-state index is 13.5. The molecule has 35 heavy (non-hydrogen) atoms. The van der Waals surface area contributed by atoms with Crippen molar-refractivity contribution in [2.45, 2.75) is 26.4 Å². The summed E-state index contributed by atoms with van der Waals surface area (Å²) >= 11 is 0. The van der Waals surface area contributed by atoms with Gasteiger partial charge in [-0.15, -0.1) is 0 Å². The topological polar surface area (TPSA) is 76.1 Å². The van der Waals surface area contributed by atoms with Crippen LogP contribution in [0.25, 0.3) is 5.76 Å². The lowest BCUT2D eigenvalue weighted by atomic mass is 9.94. The number of rotatable bonds is 7. The molecule has 0 radical (unpaired) electrons. The second kappa shape index (κ2) is 10.0. The van der Waals surface area contributed by atoms with Crippen molar-refractivity contribution in [3.8, 4) is 11.5 Å². The molecule has 1 atom stereocenters. The first-order valence-electron chi connectivity index (χ1n) is 11.2. The Labute approximate surface area is 203 Å². The van der Waals surface area contributed by atoms with E-state index in [1.807, 2.05) is 26.0 Å². The van der Waals surface area contributed by atoms with Crippen LogP contribution in [0.2, 0.25) is 0 Å². The number of aliphatic hydroxyl groups is 1. The number of hydrogen-bond donors (Lipinski definition) is 1. The summed E-state index contributed by atoms with van der Waals surface area (Å²) in [5.74, 6) is -1.24. The summed E-state index contributed by atoms with van der Waals surface area (Å²) in [7, 11) is 1.52. The maximum Gasteiger partial charge on any atom is 0.295 e. The third-order valence-electron chi connectivity index (χ3n) is 5.93. The van der Waals surface area contributed by atoms with Crippen LogP contribution < -0.4 is 9.47 Å².